The van der Waals surface area contributed by atoms with Crippen molar-refractivity contribution in [3.63, 3.8) is 0 Å². The summed E-state index contributed by atoms with van der Waals surface area (Å²) in [5.41, 5.74) is -0.945. The lowest BCUT2D eigenvalue weighted by Gasteiger charge is -2.43. The molecule has 27 heavy (non-hydrogen) atoms. The minimum Gasteiger partial charge on any atom is -0.493 e. The summed E-state index contributed by atoms with van der Waals surface area (Å²) in [5, 5.41) is 0. The summed E-state index contributed by atoms with van der Waals surface area (Å²) < 4.78 is 38.8. The van der Waals surface area contributed by atoms with Crippen LogP contribution in [0.2, 0.25) is 0 Å². The van der Waals surface area contributed by atoms with Gasteiger partial charge in [0.15, 0.2) is 11.5 Å². The lowest BCUT2D eigenvalue weighted by atomic mass is 9.86. The van der Waals surface area contributed by atoms with Crippen LogP contribution in [0, 0.1) is 0 Å². The molecule has 2 aliphatic rings. The summed E-state index contributed by atoms with van der Waals surface area (Å²) in [6.07, 6.45) is 3.54. The molecule has 7 nitrogen and oxygen atoms in total. The average Bonchev–Trinajstić information content (AvgIpc) is 3.10. The predicted octanol–water partition coefficient (Wildman–Crippen LogP) is 2.26. The van der Waals surface area contributed by atoms with Crippen molar-refractivity contribution in [2.75, 3.05) is 33.9 Å². The Balaban J connectivity index is 2.00. The summed E-state index contributed by atoms with van der Waals surface area (Å²) in [5.74, 6) is 0.780. The molecule has 1 spiro atoms. The largest absolute Gasteiger partial charge is 0.493 e. The number of sulfonamides is 1. The van der Waals surface area contributed by atoms with Crippen molar-refractivity contribution in [3.05, 3.63) is 18.2 Å². The van der Waals surface area contributed by atoms with Crippen LogP contribution in [0.5, 0.6) is 11.5 Å². The molecule has 3 rings (SSSR count). The lowest BCUT2D eigenvalue weighted by Crippen LogP contribution is -2.61. The number of amides is 1. The summed E-state index contributed by atoms with van der Waals surface area (Å²) >= 11 is 0. The normalized spacial score (nSPS) is 23.8. The van der Waals surface area contributed by atoms with Gasteiger partial charge < -0.3 is 14.4 Å². The second-order valence-electron chi connectivity index (χ2n) is 7.12. The van der Waals surface area contributed by atoms with Crippen LogP contribution >= 0.6 is 0 Å². The van der Waals surface area contributed by atoms with Crippen LogP contribution in [0.1, 0.15) is 39.0 Å². The fraction of sp³-hybridized carbons (Fsp3) is 0.632. The van der Waals surface area contributed by atoms with Crippen molar-refractivity contribution in [2.24, 2.45) is 0 Å². The van der Waals surface area contributed by atoms with Crippen molar-refractivity contribution in [1.82, 2.24) is 9.21 Å². The molecule has 0 radical (unpaired) electrons. The van der Waals surface area contributed by atoms with Crippen LogP contribution in [0.25, 0.3) is 0 Å². The molecule has 0 aliphatic carbocycles. The highest BCUT2D eigenvalue weighted by atomic mass is 32.2. The van der Waals surface area contributed by atoms with Crippen LogP contribution in [0.3, 0.4) is 0 Å². The third-order valence-corrected chi connectivity index (χ3v) is 7.53. The van der Waals surface area contributed by atoms with Crippen molar-refractivity contribution < 1.29 is 22.7 Å². The zero-order valence-electron chi connectivity index (χ0n) is 16.2. The second kappa shape index (κ2) is 7.67. The first kappa shape index (κ1) is 19.9. The molecule has 2 saturated heterocycles. The Hall–Kier alpha value is -1.80. The maximum atomic E-state index is 13.4. The van der Waals surface area contributed by atoms with Crippen molar-refractivity contribution in [3.8, 4) is 11.5 Å². The lowest BCUT2D eigenvalue weighted by molar-refractivity contribution is -0.144. The summed E-state index contributed by atoms with van der Waals surface area (Å²) in [7, 11) is -0.850. The number of hydrogen-bond donors (Lipinski definition) is 0. The number of benzene rings is 1. The van der Waals surface area contributed by atoms with E-state index < -0.39 is 15.6 Å². The highest BCUT2D eigenvalue weighted by molar-refractivity contribution is 7.89. The van der Waals surface area contributed by atoms with Gasteiger partial charge in [0.1, 0.15) is 5.54 Å². The van der Waals surface area contributed by atoms with Crippen molar-refractivity contribution in [2.45, 2.75) is 49.5 Å². The highest BCUT2D eigenvalue weighted by Crippen LogP contribution is 2.42. The van der Waals surface area contributed by atoms with Crippen LogP contribution in [-0.4, -0.2) is 62.9 Å². The smallest absolute Gasteiger partial charge is 0.244 e. The van der Waals surface area contributed by atoms with Gasteiger partial charge in [0.25, 0.3) is 0 Å². The number of piperidine rings is 1. The molecule has 8 heteroatoms. The fourth-order valence-electron chi connectivity index (χ4n) is 4.32. The third kappa shape index (κ3) is 3.29. The number of methoxy groups -OCH3 is 2. The Morgan fingerprint density at radius 3 is 2.37 bits per heavy atom. The number of nitrogens with zero attached hydrogens (tertiary/aromatic N) is 2. The number of likely N-dealkylation sites (tertiary alicyclic amines) is 1. The molecule has 1 atom stereocenters. The molecule has 0 aromatic heterocycles. The Morgan fingerprint density at radius 2 is 1.74 bits per heavy atom. The Labute approximate surface area is 161 Å². The molecular formula is C19H28N2O5S. The van der Waals surface area contributed by atoms with Gasteiger partial charge in [-0.25, -0.2) is 8.42 Å². The second-order valence-corrected chi connectivity index (χ2v) is 8.99. The van der Waals surface area contributed by atoms with Crippen LogP contribution in [-0.2, 0) is 14.8 Å². The SMILES string of the molecule is CCCN1CCCC2(CCCN2S(=O)(=O)c2ccc(OC)c(OC)c2)C1=O. The molecule has 1 aromatic rings. The van der Waals surface area contributed by atoms with Gasteiger partial charge in [0.2, 0.25) is 15.9 Å². The summed E-state index contributed by atoms with van der Waals surface area (Å²) in [6, 6.07) is 4.57. The summed E-state index contributed by atoms with van der Waals surface area (Å²) in [6.45, 7) is 3.77. The Kier molecular flexibility index (Phi) is 5.67. The highest BCUT2D eigenvalue weighted by Gasteiger charge is 2.55. The number of rotatable bonds is 6. The van der Waals surface area contributed by atoms with Gasteiger partial charge in [0.05, 0.1) is 19.1 Å². The zero-order chi connectivity index (χ0) is 19.7. The number of carbonyl (C=O) groups excluding carboxylic acids is 1. The maximum Gasteiger partial charge on any atom is 0.244 e. The van der Waals surface area contributed by atoms with E-state index >= 15 is 0 Å². The van der Waals surface area contributed by atoms with Gasteiger partial charge in [-0.3, -0.25) is 4.79 Å². The van der Waals surface area contributed by atoms with Gasteiger partial charge in [-0.2, -0.15) is 4.31 Å². The van der Waals surface area contributed by atoms with Crippen molar-refractivity contribution in [1.29, 1.82) is 0 Å². The molecule has 1 unspecified atom stereocenters. The minimum atomic E-state index is -3.83. The Morgan fingerprint density at radius 1 is 1.07 bits per heavy atom. The summed E-state index contributed by atoms with van der Waals surface area (Å²) in [4.78, 5) is 15.2. The van der Waals surface area contributed by atoms with E-state index in [4.69, 9.17) is 9.47 Å². The van der Waals surface area contributed by atoms with E-state index in [2.05, 4.69) is 0 Å². The Bertz CT molecular complexity index is 808. The van der Waals surface area contributed by atoms with E-state index in [0.29, 0.717) is 50.4 Å². The number of ether oxygens (including phenoxy) is 2. The van der Waals surface area contributed by atoms with Gasteiger partial charge in [-0.05, 0) is 44.2 Å². The third-order valence-electron chi connectivity index (χ3n) is 5.57. The molecule has 0 saturated carbocycles. The minimum absolute atomic E-state index is 0.0443. The van der Waals surface area contributed by atoms with E-state index in [1.165, 1.54) is 30.7 Å². The predicted molar refractivity (Wildman–Crippen MR) is 102 cm³/mol. The monoisotopic (exact) mass is 396 g/mol. The van der Waals surface area contributed by atoms with Crippen molar-refractivity contribution >= 4 is 15.9 Å². The maximum absolute atomic E-state index is 13.4. The topological polar surface area (TPSA) is 76.2 Å². The van der Waals surface area contributed by atoms with E-state index in [1.807, 2.05) is 11.8 Å². The van der Waals surface area contributed by atoms with E-state index in [1.54, 1.807) is 6.07 Å². The molecule has 0 N–H and O–H groups in total. The van der Waals surface area contributed by atoms with Gasteiger partial charge >= 0.3 is 0 Å². The first-order valence-corrected chi connectivity index (χ1v) is 10.9. The van der Waals surface area contributed by atoms with Gasteiger partial charge in [-0.15, -0.1) is 0 Å². The fourth-order valence-corrected chi connectivity index (χ4v) is 6.16. The first-order chi connectivity index (χ1) is 12.9. The zero-order valence-corrected chi connectivity index (χ0v) is 17.0. The van der Waals surface area contributed by atoms with E-state index in [-0.39, 0.29) is 10.8 Å². The average molecular weight is 397 g/mol. The van der Waals surface area contributed by atoms with Gasteiger partial charge in [-0.1, -0.05) is 6.92 Å². The van der Waals surface area contributed by atoms with E-state index in [0.717, 1.165) is 12.8 Å². The number of carbonyl (C=O) groups is 1. The number of hydrogen-bond acceptors (Lipinski definition) is 5. The first-order valence-electron chi connectivity index (χ1n) is 9.45. The molecule has 2 heterocycles. The standard InChI is InChI=1S/C19H28N2O5S/c1-4-11-20-12-5-9-19(18(20)22)10-6-13-21(19)27(23,24)15-7-8-16(25-2)17(14-15)26-3/h7-8,14H,4-6,9-13H2,1-3H3. The molecule has 2 fully saturated rings. The molecule has 2 aliphatic heterocycles. The molecular weight excluding hydrogens is 368 g/mol. The van der Waals surface area contributed by atoms with Gasteiger partial charge in [0, 0.05) is 25.7 Å². The molecule has 0 bridgehead atoms. The van der Waals surface area contributed by atoms with Crippen LogP contribution < -0.4 is 9.47 Å². The van der Waals surface area contributed by atoms with E-state index in [9.17, 15) is 13.2 Å². The van der Waals surface area contributed by atoms with Crippen LogP contribution in [0.4, 0.5) is 0 Å². The quantitative estimate of drug-likeness (QED) is 0.737. The van der Waals surface area contributed by atoms with Crippen LogP contribution in [0.15, 0.2) is 23.1 Å². The molecule has 1 amide bonds. The molecule has 1 aromatic carbocycles. The molecule has 150 valence electrons.